The van der Waals surface area contributed by atoms with E-state index in [0.29, 0.717) is 11.9 Å². The van der Waals surface area contributed by atoms with Gasteiger partial charge in [-0.3, -0.25) is 4.79 Å². The normalized spacial score (nSPS) is 33.1. The van der Waals surface area contributed by atoms with Crippen LogP contribution in [0.1, 0.15) is 52.4 Å². The van der Waals surface area contributed by atoms with Gasteiger partial charge in [0.05, 0.1) is 0 Å². The Labute approximate surface area is 105 Å². The first kappa shape index (κ1) is 12.9. The average Bonchev–Trinajstić information content (AvgIpc) is 2.29. The second kappa shape index (κ2) is 5.38. The maximum absolute atomic E-state index is 12.3. The van der Waals surface area contributed by atoms with Crippen LogP contribution < -0.4 is 10.6 Å². The van der Waals surface area contributed by atoms with Gasteiger partial charge in [-0.1, -0.05) is 26.7 Å². The van der Waals surface area contributed by atoms with E-state index in [1.165, 1.54) is 25.7 Å². The molecule has 0 aromatic carbocycles. The number of carbonyl (C=O) groups is 1. The molecule has 1 saturated heterocycles. The van der Waals surface area contributed by atoms with Crippen LogP contribution in [-0.4, -0.2) is 25.0 Å². The van der Waals surface area contributed by atoms with E-state index < -0.39 is 0 Å². The van der Waals surface area contributed by atoms with E-state index in [0.717, 1.165) is 25.9 Å². The number of nitrogens with one attached hydrogen (secondary N) is 2. The Kier molecular flexibility index (Phi) is 4.08. The third-order valence-corrected chi connectivity index (χ3v) is 4.47. The molecule has 1 saturated carbocycles. The van der Waals surface area contributed by atoms with Crippen LogP contribution >= 0.6 is 0 Å². The Morgan fingerprint density at radius 3 is 2.71 bits per heavy atom. The second-order valence-corrected chi connectivity index (χ2v) is 6.34. The molecule has 1 aliphatic carbocycles. The molecule has 2 N–H and O–H groups in total. The quantitative estimate of drug-likeness (QED) is 0.773. The predicted molar refractivity (Wildman–Crippen MR) is 69.8 cm³/mol. The molecule has 0 spiro atoms. The molecule has 2 atom stereocenters. The van der Waals surface area contributed by atoms with Gasteiger partial charge in [-0.2, -0.15) is 0 Å². The van der Waals surface area contributed by atoms with Crippen LogP contribution in [0, 0.1) is 11.3 Å². The summed E-state index contributed by atoms with van der Waals surface area (Å²) in [5, 5.41) is 6.59. The van der Waals surface area contributed by atoms with Crippen LogP contribution in [0.15, 0.2) is 0 Å². The third kappa shape index (κ3) is 3.21. The number of amides is 1. The Hall–Kier alpha value is -0.570. The highest BCUT2D eigenvalue weighted by Crippen LogP contribution is 2.40. The van der Waals surface area contributed by atoms with Crippen molar-refractivity contribution in [1.29, 1.82) is 0 Å². The molecule has 0 bridgehead atoms. The number of piperidine rings is 1. The first-order chi connectivity index (χ1) is 8.09. The predicted octanol–water partition coefficient (Wildman–Crippen LogP) is 2.07. The van der Waals surface area contributed by atoms with E-state index >= 15 is 0 Å². The number of rotatable bonds is 2. The van der Waals surface area contributed by atoms with Crippen molar-refractivity contribution in [2.75, 3.05) is 13.1 Å². The molecule has 3 nitrogen and oxygen atoms in total. The summed E-state index contributed by atoms with van der Waals surface area (Å²) in [4.78, 5) is 12.3. The topological polar surface area (TPSA) is 41.1 Å². The van der Waals surface area contributed by atoms with Crippen molar-refractivity contribution in [2.24, 2.45) is 11.3 Å². The summed E-state index contributed by atoms with van der Waals surface area (Å²) in [7, 11) is 0. The van der Waals surface area contributed by atoms with Crippen molar-refractivity contribution in [2.45, 2.75) is 58.4 Å². The molecule has 17 heavy (non-hydrogen) atoms. The molecule has 2 fully saturated rings. The van der Waals surface area contributed by atoms with Crippen molar-refractivity contribution in [3.63, 3.8) is 0 Å². The molecule has 1 aliphatic heterocycles. The van der Waals surface area contributed by atoms with Gasteiger partial charge >= 0.3 is 0 Å². The summed E-state index contributed by atoms with van der Waals surface area (Å²) in [5.41, 5.74) is 0.185. The van der Waals surface area contributed by atoms with Gasteiger partial charge in [-0.15, -0.1) is 0 Å². The fraction of sp³-hybridized carbons (Fsp3) is 0.929. The van der Waals surface area contributed by atoms with E-state index in [1.54, 1.807) is 0 Å². The molecule has 0 aromatic heterocycles. The number of hydrogen-bond donors (Lipinski definition) is 2. The summed E-state index contributed by atoms with van der Waals surface area (Å²) in [6.07, 6.45) is 7.06. The fourth-order valence-corrected chi connectivity index (χ4v) is 3.26. The lowest BCUT2D eigenvalue weighted by molar-refractivity contribution is -0.131. The van der Waals surface area contributed by atoms with Gasteiger partial charge in [0.25, 0.3) is 0 Å². The lowest BCUT2D eigenvalue weighted by Gasteiger charge is -2.38. The van der Waals surface area contributed by atoms with Crippen molar-refractivity contribution in [1.82, 2.24) is 10.6 Å². The standard InChI is InChI=1S/C14H26N2O/c1-14(2)8-4-3-7-12(14)13(17)16-11-6-5-9-15-10-11/h11-12,15H,3-10H2,1-2H3,(H,16,17). The Balaban J connectivity index is 1.89. The van der Waals surface area contributed by atoms with Gasteiger partial charge < -0.3 is 10.6 Å². The zero-order valence-electron chi connectivity index (χ0n) is 11.2. The largest absolute Gasteiger partial charge is 0.352 e. The van der Waals surface area contributed by atoms with E-state index in [9.17, 15) is 4.79 Å². The third-order valence-electron chi connectivity index (χ3n) is 4.47. The smallest absolute Gasteiger partial charge is 0.223 e. The van der Waals surface area contributed by atoms with Crippen LogP contribution in [0.2, 0.25) is 0 Å². The maximum atomic E-state index is 12.3. The van der Waals surface area contributed by atoms with Gasteiger partial charge in [-0.05, 0) is 37.6 Å². The lowest BCUT2D eigenvalue weighted by Crippen LogP contribution is -2.50. The molecule has 98 valence electrons. The molecule has 0 aromatic rings. The summed E-state index contributed by atoms with van der Waals surface area (Å²) < 4.78 is 0. The summed E-state index contributed by atoms with van der Waals surface area (Å²) >= 11 is 0. The van der Waals surface area contributed by atoms with Crippen LogP contribution in [0.4, 0.5) is 0 Å². The maximum Gasteiger partial charge on any atom is 0.223 e. The molecule has 1 amide bonds. The van der Waals surface area contributed by atoms with Crippen molar-refractivity contribution < 1.29 is 4.79 Å². The Morgan fingerprint density at radius 1 is 1.24 bits per heavy atom. The molecule has 3 heteroatoms. The van der Waals surface area contributed by atoms with Crippen molar-refractivity contribution in [3.05, 3.63) is 0 Å². The van der Waals surface area contributed by atoms with Crippen LogP contribution in [0.25, 0.3) is 0 Å². The average molecular weight is 238 g/mol. The molecule has 1 heterocycles. The van der Waals surface area contributed by atoms with Crippen molar-refractivity contribution in [3.8, 4) is 0 Å². The second-order valence-electron chi connectivity index (χ2n) is 6.34. The van der Waals surface area contributed by atoms with Crippen LogP contribution in [0.3, 0.4) is 0 Å². The van der Waals surface area contributed by atoms with Gasteiger partial charge in [0.15, 0.2) is 0 Å². The minimum Gasteiger partial charge on any atom is -0.352 e. The molecule has 2 rings (SSSR count). The van der Waals surface area contributed by atoms with Gasteiger partial charge in [0.2, 0.25) is 5.91 Å². The molecule has 2 unspecified atom stereocenters. The van der Waals surface area contributed by atoms with Crippen LogP contribution in [0.5, 0.6) is 0 Å². The minimum atomic E-state index is 0.185. The van der Waals surface area contributed by atoms with Crippen LogP contribution in [-0.2, 0) is 4.79 Å². The van der Waals surface area contributed by atoms with E-state index in [2.05, 4.69) is 24.5 Å². The number of carbonyl (C=O) groups excluding carboxylic acids is 1. The monoisotopic (exact) mass is 238 g/mol. The summed E-state index contributed by atoms with van der Waals surface area (Å²) in [6.45, 7) is 6.53. The minimum absolute atomic E-state index is 0.185. The van der Waals surface area contributed by atoms with Gasteiger partial charge in [0.1, 0.15) is 0 Å². The first-order valence-corrected chi connectivity index (χ1v) is 7.11. The van der Waals surface area contributed by atoms with E-state index in [1.807, 2.05) is 0 Å². The summed E-state index contributed by atoms with van der Waals surface area (Å²) in [5.74, 6) is 0.515. The van der Waals surface area contributed by atoms with Crippen molar-refractivity contribution >= 4 is 5.91 Å². The highest BCUT2D eigenvalue weighted by molar-refractivity contribution is 5.79. The Bertz CT molecular complexity index is 269. The number of hydrogen-bond acceptors (Lipinski definition) is 2. The van der Waals surface area contributed by atoms with E-state index in [4.69, 9.17) is 0 Å². The zero-order valence-corrected chi connectivity index (χ0v) is 11.2. The Morgan fingerprint density at radius 2 is 2.06 bits per heavy atom. The summed E-state index contributed by atoms with van der Waals surface area (Å²) in [6, 6.07) is 0.356. The zero-order chi connectivity index (χ0) is 12.3. The molecular weight excluding hydrogens is 212 g/mol. The molecule has 2 aliphatic rings. The molecule has 0 radical (unpaired) electrons. The highest BCUT2D eigenvalue weighted by Gasteiger charge is 2.37. The van der Waals surface area contributed by atoms with Gasteiger partial charge in [-0.25, -0.2) is 0 Å². The molecular formula is C14H26N2O. The lowest BCUT2D eigenvalue weighted by atomic mass is 9.68. The highest BCUT2D eigenvalue weighted by atomic mass is 16.2. The van der Waals surface area contributed by atoms with E-state index in [-0.39, 0.29) is 11.3 Å². The fourth-order valence-electron chi connectivity index (χ4n) is 3.26. The SMILES string of the molecule is CC1(C)CCCCC1C(=O)NC1CCCNC1. The first-order valence-electron chi connectivity index (χ1n) is 7.11. The van der Waals surface area contributed by atoms with Gasteiger partial charge in [0, 0.05) is 18.5 Å².